The van der Waals surface area contributed by atoms with Crippen molar-refractivity contribution in [1.29, 1.82) is 0 Å². The van der Waals surface area contributed by atoms with Gasteiger partial charge in [-0.1, -0.05) is 30.3 Å². The Hall–Kier alpha value is -2.63. The average Bonchev–Trinajstić information content (AvgIpc) is 2.63. The molecule has 27 heavy (non-hydrogen) atoms. The summed E-state index contributed by atoms with van der Waals surface area (Å²) in [6.07, 6.45) is 2.65. The lowest BCUT2D eigenvalue weighted by Gasteiger charge is -2.30. The van der Waals surface area contributed by atoms with Crippen LogP contribution in [0.15, 0.2) is 61.2 Å². The Morgan fingerprint density at radius 3 is 2.59 bits per heavy atom. The van der Waals surface area contributed by atoms with Crippen LogP contribution in [0, 0.1) is 0 Å². The van der Waals surface area contributed by atoms with Gasteiger partial charge >= 0.3 is 5.97 Å². The molecule has 5 heteroatoms. The third-order valence-electron chi connectivity index (χ3n) is 4.36. The zero-order valence-corrected chi connectivity index (χ0v) is 15.8. The molecule has 0 saturated carbocycles. The quantitative estimate of drug-likeness (QED) is 0.707. The van der Waals surface area contributed by atoms with E-state index in [0.717, 1.165) is 37.3 Å². The number of phenols is 1. The second-order valence-electron chi connectivity index (χ2n) is 6.75. The SMILES string of the molecule is C=CCN1CCNC(C)C1.O=C(O)c1ccc(Cc2cccc(O)c2)cc1. The van der Waals surface area contributed by atoms with Gasteiger partial charge in [0, 0.05) is 32.2 Å². The van der Waals surface area contributed by atoms with Crippen LogP contribution >= 0.6 is 0 Å². The van der Waals surface area contributed by atoms with Crippen LogP contribution in [-0.4, -0.2) is 53.3 Å². The molecule has 2 aromatic rings. The van der Waals surface area contributed by atoms with Crippen LogP contribution in [0.25, 0.3) is 0 Å². The van der Waals surface area contributed by atoms with Gasteiger partial charge in [0.05, 0.1) is 5.56 Å². The lowest BCUT2D eigenvalue weighted by molar-refractivity contribution is 0.0697. The van der Waals surface area contributed by atoms with Crippen molar-refractivity contribution >= 4 is 5.97 Å². The van der Waals surface area contributed by atoms with Crippen molar-refractivity contribution in [2.45, 2.75) is 19.4 Å². The van der Waals surface area contributed by atoms with Gasteiger partial charge in [-0.05, 0) is 48.7 Å². The van der Waals surface area contributed by atoms with Gasteiger partial charge in [-0.3, -0.25) is 4.90 Å². The van der Waals surface area contributed by atoms with Crippen molar-refractivity contribution in [2.24, 2.45) is 0 Å². The number of carboxylic acids is 1. The van der Waals surface area contributed by atoms with Crippen LogP contribution in [0.3, 0.4) is 0 Å². The van der Waals surface area contributed by atoms with E-state index in [2.05, 4.69) is 23.7 Å². The summed E-state index contributed by atoms with van der Waals surface area (Å²) >= 11 is 0. The number of benzene rings is 2. The Labute approximate surface area is 161 Å². The molecule has 2 aromatic carbocycles. The Kier molecular flexibility index (Phi) is 8.04. The molecule has 1 atom stereocenters. The van der Waals surface area contributed by atoms with E-state index in [-0.39, 0.29) is 11.3 Å². The fraction of sp³-hybridized carbons (Fsp3) is 0.318. The summed E-state index contributed by atoms with van der Waals surface area (Å²) in [6, 6.07) is 14.4. The van der Waals surface area contributed by atoms with E-state index in [1.165, 1.54) is 0 Å². The number of carbonyl (C=O) groups is 1. The van der Waals surface area contributed by atoms with Gasteiger partial charge in [-0.15, -0.1) is 6.58 Å². The first-order chi connectivity index (χ1) is 13.0. The molecule has 5 nitrogen and oxygen atoms in total. The van der Waals surface area contributed by atoms with E-state index >= 15 is 0 Å². The highest BCUT2D eigenvalue weighted by Crippen LogP contribution is 2.15. The molecule has 1 aliphatic rings. The van der Waals surface area contributed by atoms with E-state index in [4.69, 9.17) is 5.11 Å². The zero-order valence-electron chi connectivity index (χ0n) is 15.8. The highest BCUT2D eigenvalue weighted by atomic mass is 16.4. The van der Waals surface area contributed by atoms with Gasteiger partial charge in [-0.25, -0.2) is 4.79 Å². The molecule has 1 fully saturated rings. The molecule has 1 aliphatic heterocycles. The normalized spacial score (nSPS) is 16.9. The molecule has 0 aromatic heterocycles. The topological polar surface area (TPSA) is 72.8 Å². The molecule has 0 spiro atoms. The number of rotatable bonds is 5. The number of hydrogen-bond acceptors (Lipinski definition) is 4. The lowest BCUT2D eigenvalue weighted by atomic mass is 10.0. The molecule has 1 heterocycles. The average molecular weight is 368 g/mol. The second kappa shape index (κ2) is 10.5. The molecular formula is C22H28N2O3. The van der Waals surface area contributed by atoms with Crippen LogP contribution in [0.5, 0.6) is 5.75 Å². The van der Waals surface area contributed by atoms with Gasteiger partial charge < -0.3 is 15.5 Å². The lowest BCUT2D eigenvalue weighted by Crippen LogP contribution is -2.49. The molecule has 3 rings (SSSR count). The van der Waals surface area contributed by atoms with Crippen molar-refractivity contribution in [3.63, 3.8) is 0 Å². The minimum atomic E-state index is -0.922. The summed E-state index contributed by atoms with van der Waals surface area (Å²) in [6.45, 7) is 10.4. The number of aromatic carboxylic acids is 1. The van der Waals surface area contributed by atoms with Crippen molar-refractivity contribution in [3.8, 4) is 5.75 Å². The third-order valence-corrected chi connectivity index (χ3v) is 4.36. The first kappa shape index (κ1) is 20.7. The van der Waals surface area contributed by atoms with Gasteiger partial charge in [0.2, 0.25) is 0 Å². The number of nitrogens with zero attached hydrogens (tertiary/aromatic N) is 1. The highest BCUT2D eigenvalue weighted by Gasteiger charge is 2.12. The zero-order chi connectivity index (χ0) is 19.6. The van der Waals surface area contributed by atoms with E-state index in [1.807, 2.05) is 12.1 Å². The Morgan fingerprint density at radius 1 is 1.26 bits per heavy atom. The fourth-order valence-electron chi connectivity index (χ4n) is 3.03. The van der Waals surface area contributed by atoms with Gasteiger partial charge in [0.25, 0.3) is 0 Å². The predicted octanol–water partition coefficient (Wildman–Crippen LogP) is 3.15. The molecule has 144 valence electrons. The third kappa shape index (κ3) is 7.25. The predicted molar refractivity (Wildman–Crippen MR) is 108 cm³/mol. The summed E-state index contributed by atoms with van der Waals surface area (Å²) in [4.78, 5) is 13.1. The maximum Gasteiger partial charge on any atom is 0.335 e. The van der Waals surface area contributed by atoms with Crippen LogP contribution in [0.4, 0.5) is 0 Å². The maximum absolute atomic E-state index is 10.7. The number of phenolic OH excluding ortho intramolecular Hbond substituents is 1. The number of nitrogens with one attached hydrogen (secondary N) is 1. The molecule has 0 aliphatic carbocycles. The van der Waals surface area contributed by atoms with Crippen LogP contribution in [0.1, 0.15) is 28.4 Å². The van der Waals surface area contributed by atoms with Crippen molar-refractivity contribution in [1.82, 2.24) is 10.2 Å². The summed E-state index contributed by atoms with van der Waals surface area (Å²) in [5.74, 6) is -0.682. The molecule has 1 saturated heterocycles. The number of piperazine rings is 1. The first-order valence-electron chi connectivity index (χ1n) is 9.14. The number of carboxylic acid groups (broad SMARTS) is 1. The molecular weight excluding hydrogens is 340 g/mol. The summed E-state index contributed by atoms with van der Waals surface area (Å²) in [5.41, 5.74) is 2.29. The number of aromatic hydroxyl groups is 1. The van der Waals surface area contributed by atoms with Crippen molar-refractivity contribution in [2.75, 3.05) is 26.2 Å². The number of hydrogen-bond donors (Lipinski definition) is 3. The fourth-order valence-corrected chi connectivity index (χ4v) is 3.03. The molecule has 0 bridgehead atoms. The van der Waals surface area contributed by atoms with Crippen LogP contribution < -0.4 is 5.32 Å². The standard InChI is InChI=1S/C14H12O3.C8H16N2/c15-13-3-1-2-11(9-13)8-10-4-6-12(7-5-10)14(16)17;1-3-5-10-6-4-9-8(2)7-10/h1-7,9,15H,8H2,(H,16,17);3,8-9H,1,4-7H2,2H3. The minimum Gasteiger partial charge on any atom is -0.508 e. The minimum absolute atomic E-state index is 0.240. The molecule has 0 radical (unpaired) electrons. The van der Waals surface area contributed by atoms with Gasteiger partial charge in [-0.2, -0.15) is 0 Å². The largest absolute Gasteiger partial charge is 0.508 e. The molecule has 0 amide bonds. The van der Waals surface area contributed by atoms with E-state index in [9.17, 15) is 9.90 Å². The Morgan fingerprint density at radius 2 is 2.00 bits per heavy atom. The van der Waals surface area contributed by atoms with Crippen molar-refractivity contribution < 1.29 is 15.0 Å². The molecule has 1 unspecified atom stereocenters. The molecule has 3 N–H and O–H groups in total. The van der Waals surface area contributed by atoms with E-state index < -0.39 is 5.97 Å². The monoisotopic (exact) mass is 368 g/mol. The summed E-state index contributed by atoms with van der Waals surface area (Å²) < 4.78 is 0. The second-order valence-corrected chi connectivity index (χ2v) is 6.75. The van der Waals surface area contributed by atoms with E-state index in [1.54, 1.807) is 42.5 Å². The van der Waals surface area contributed by atoms with Crippen LogP contribution in [0.2, 0.25) is 0 Å². The van der Waals surface area contributed by atoms with Gasteiger partial charge in [0.1, 0.15) is 5.75 Å². The smallest absolute Gasteiger partial charge is 0.335 e. The Bertz CT molecular complexity index is 743. The van der Waals surface area contributed by atoms with E-state index in [0.29, 0.717) is 12.5 Å². The first-order valence-corrected chi connectivity index (χ1v) is 9.14. The van der Waals surface area contributed by atoms with Crippen LogP contribution in [-0.2, 0) is 6.42 Å². The Balaban J connectivity index is 0.000000223. The highest BCUT2D eigenvalue weighted by molar-refractivity contribution is 5.87. The van der Waals surface area contributed by atoms with Gasteiger partial charge in [0.15, 0.2) is 0 Å². The summed E-state index contributed by atoms with van der Waals surface area (Å²) in [5, 5.41) is 21.5. The maximum atomic E-state index is 10.7. The summed E-state index contributed by atoms with van der Waals surface area (Å²) in [7, 11) is 0. The van der Waals surface area contributed by atoms with Crippen molar-refractivity contribution in [3.05, 3.63) is 77.9 Å².